The minimum absolute atomic E-state index is 0.0389. The number of aryl methyl sites for hydroxylation is 1. The van der Waals surface area contributed by atoms with Crippen LogP contribution < -0.4 is 25.6 Å². The number of alkyl halides is 2. The molecule has 0 aliphatic carbocycles. The maximum atomic E-state index is 13.9. The number of benzene rings is 2. The number of rotatable bonds is 16. The van der Waals surface area contributed by atoms with Gasteiger partial charge in [0.05, 0.1) is 0 Å². The van der Waals surface area contributed by atoms with Gasteiger partial charge in [0, 0.05) is 50.2 Å². The Labute approximate surface area is 262 Å². The summed E-state index contributed by atoms with van der Waals surface area (Å²) in [6, 6.07) is 8.74. The summed E-state index contributed by atoms with van der Waals surface area (Å²) >= 11 is 0. The van der Waals surface area contributed by atoms with Gasteiger partial charge < -0.3 is 15.1 Å². The Kier molecular flexibility index (Phi) is 15.0. The van der Waals surface area contributed by atoms with Gasteiger partial charge in [-0.25, -0.2) is 0 Å². The van der Waals surface area contributed by atoms with Crippen LogP contribution >= 0.6 is 0 Å². The van der Waals surface area contributed by atoms with E-state index in [0.717, 1.165) is 70.6 Å². The first kappa shape index (κ1) is 38.2. The molecule has 5 heteroatoms. The molecule has 0 bridgehead atoms. The van der Waals surface area contributed by atoms with Crippen molar-refractivity contribution in [3.8, 4) is 0 Å². The van der Waals surface area contributed by atoms with Crippen LogP contribution in [0.5, 0.6) is 0 Å². The molecule has 2 aromatic carbocycles. The van der Waals surface area contributed by atoms with Crippen LogP contribution in [-0.4, -0.2) is 32.2 Å². The van der Waals surface area contributed by atoms with E-state index in [1.807, 2.05) is 45.0 Å². The lowest BCUT2D eigenvalue weighted by Gasteiger charge is -2.31. The zero-order valence-electron chi connectivity index (χ0n) is 29.3. The van der Waals surface area contributed by atoms with Gasteiger partial charge in [-0.1, -0.05) is 72.8 Å². The van der Waals surface area contributed by atoms with E-state index in [-0.39, 0.29) is 5.54 Å². The second-order valence-electron chi connectivity index (χ2n) is 13.4. The largest absolute Gasteiger partial charge is 0.384 e. The van der Waals surface area contributed by atoms with E-state index in [0.29, 0.717) is 11.1 Å². The van der Waals surface area contributed by atoms with Gasteiger partial charge in [-0.2, -0.15) is 8.78 Å². The third-order valence-electron chi connectivity index (χ3n) is 8.19. The fraction of sp³-hybridized carbons (Fsp3) is 0.579. The smallest absolute Gasteiger partial charge is 0.322 e. The first-order valence-electron chi connectivity index (χ1n) is 16.1. The van der Waals surface area contributed by atoms with Crippen molar-refractivity contribution in [3.63, 3.8) is 0 Å². The highest BCUT2D eigenvalue weighted by Gasteiger charge is 2.28. The van der Waals surface area contributed by atoms with Crippen molar-refractivity contribution < 1.29 is 8.78 Å². The lowest BCUT2D eigenvalue weighted by atomic mass is 9.81. The molecular formula is C38H61F2N3. The first-order chi connectivity index (χ1) is 19.9. The van der Waals surface area contributed by atoms with E-state index in [4.69, 9.17) is 0 Å². The van der Waals surface area contributed by atoms with Gasteiger partial charge in [0.25, 0.3) is 0 Å². The summed E-state index contributed by atoms with van der Waals surface area (Å²) in [6.45, 7) is 27.9. The summed E-state index contributed by atoms with van der Waals surface area (Å²) in [6.07, 6.45) is 10.1. The summed E-state index contributed by atoms with van der Waals surface area (Å²) in [7, 11) is 3.52. The zero-order valence-corrected chi connectivity index (χ0v) is 29.3. The highest BCUT2D eigenvalue weighted by atomic mass is 19.3. The number of nitrogens with one attached hydrogen (secondary N) is 1. The third kappa shape index (κ3) is 13.1. The van der Waals surface area contributed by atoms with Crippen LogP contribution in [0.4, 0.5) is 20.2 Å². The fourth-order valence-electron chi connectivity index (χ4n) is 5.41. The average Bonchev–Trinajstić information content (AvgIpc) is 2.90. The number of hydrogen-bond donors (Lipinski definition) is 1. The molecule has 0 amide bonds. The number of hydrogen-bond acceptors (Lipinski definition) is 3. The lowest BCUT2D eigenvalue weighted by molar-refractivity contribution is 0.0235. The van der Waals surface area contributed by atoms with Gasteiger partial charge in [-0.3, -0.25) is 0 Å². The molecule has 0 saturated heterocycles. The van der Waals surface area contributed by atoms with E-state index >= 15 is 0 Å². The molecule has 0 aliphatic heterocycles. The van der Waals surface area contributed by atoms with Crippen LogP contribution in [0.25, 0.3) is 12.7 Å². The van der Waals surface area contributed by atoms with Gasteiger partial charge in [0.15, 0.2) is 0 Å². The number of allylic oxidation sites excluding steroid dienone is 1. The van der Waals surface area contributed by atoms with Crippen molar-refractivity contribution in [1.82, 2.24) is 5.32 Å². The molecule has 2 aromatic rings. The van der Waals surface area contributed by atoms with E-state index in [1.54, 1.807) is 6.07 Å². The summed E-state index contributed by atoms with van der Waals surface area (Å²) < 4.78 is 27.8. The number of halogens is 2. The molecular weight excluding hydrogens is 536 g/mol. The zero-order chi connectivity index (χ0) is 33.0. The molecule has 0 heterocycles. The minimum Gasteiger partial charge on any atom is -0.384 e. The normalized spacial score (nSPS) is 12.4. The predicted molar refractivity (Wildman–Crippen MR) is 188 cm³/mol. The third-order valence-corrected chi connectivity index (χ3v) is 8.19. The second-order valence-corrected chi connectivity index (χ2v) is 13.4. The van der Waals surface area contributed by atoms with Gasteiger partial charge in [-0.05, 0) is 110 Å². The molecule has 0 spiro atoms. The Morgan fingerprint density at radius 2 is 1.53 bits per heavy atom. The molecule has 2 rings (SSSR count). The van der Waals surface area contributed by atoms with Crippen molar-refractivity contribution >= 4 is 24.0 Å². The molecule has 242 valence electrons. The highest BCUT2D eigenvalue weighted by Crippen LogP contribution is 2.30. The first-order valence-corrected chi connectivity index (χ1v) is 16.1. The molecule has 0 unspecified atom stereocenters. The van der Waals surface area contributed by atoms with Gasteiger partial charge in [-0.15, -0.1) is 0 Å². The monoisotopic (exact) mass is 597 g/mol. The fourth-order valence-corrected chi connectivity index (χ4v) is 5.41. The Balaban J connectivity index is 0.00000452. The summed E-state index contributed by atoms with van der Waals surface area (Å²) in [5, 5.41) is 5.57. The lowest BCUT2D eigenvalue weighted by Crippen LogP contribution is -2.38. The van der Waals surface area contributed by atoms with E-state index in [2.05, 4.69) is 77.2 Å². The molecule has 1 N–H and O–H groups in total. The van der Waals surface area contributed by atoms with Crippen LogP contribution in [0.15, 0.2) is 48.7 Å². The van der Waals surface area contributed by atoms with Gasteiger partial charge in [0.2, 0.25) is 0 Å². The van der Waals surface area contributed by atoms with Crippen molar-refractivity contribution in [2.24, 2.45) is 5.41 Å². The molecule has 0 atom stereocenters. The summed E-state index contributed by atoms with van der Waals surface area (Å²) in [5.74, 6) is 0. The van der Waals surface area contributed by atoms with Crippen LogP contribution in [0.3, 0.4) is 0 Å². The number of anilines is 2. The average molecular weight is 598 g/mol. The number of nitrogens with zero attached hydrogens (tertiary/aromatic N) is 2. The minimum atomic E-state index is -2.94. The van der Waals surface area contributed by atoms with Crippen LogP contribution in [0.1, 0.15) is 111 Å². The molecule has 3 nitrogen and oxygen atoms in total. The Morgan fingerprint density at radius 3 is 2.14 bits per heavy atom. The highest BCUT2D eigenvalue weighted by molar-refractivity contribution is 5.63. The van der Waals surface area contributed by atoms with Crippen LogP contribution in [-0.2, 0) is 0 Å². The standard InChI is InChI=1S/C36H55F2N3.C2H6/c1-12-20-34(5,6)21-14-22-35(7,8)39-29(4)15-13-23-40(10)32-18-16-27(2)30(25-32)24-31-26-33(19-17-28(31)3)41(11)36(9,37)38;1-2/h16-19,24-26,39H,2,4,12-15,20-23H2,1,3,5-11H3;1-2H3/b30-24-;. The van der Waals surface area contributed by atoms with Gasteiger partial charge in [0.1, 0.15) is 0 Å². The quantitative estimate of drug-likeness (QED) is 0.195. The molecule has 43 heavy (non-hydrogen) atoms. The molecule has 0 radical (unpaired) electrons. The van der Waals surface area contributed by atoms with E-state index in [9.17, 15) is 8.78 Å². The molecule has 0 saturated carbocycles. The molecule has 0 aliphatic rings. The van der Waals surface area contributed by atoms with E-state index in [1.165, 1.54) is 32.7 Å². The summed E-state index contributed by atoms with van der Waals surface area (Å²) in [4.78, 5) is 3.25. The van der Waals surface area contributed by atoms with Crippen molar-refractivity contribution in [2.45, 2.75) is 119 Å². The van der Waals surface area contributed by atoms with Crippen LogP contribution in [0, 0.1) is 12.3 Å². The van der Waals surface area contributed by atoms with Crippen molar-refractivity contribution in [2.75, 3.05) is 30.4 Å². The van der Waals surface area contributed by atoms with Crippen LogP contribution in [0.2, 0.25) is 0 Å². The second kappa shape index (κ2) is 16.9. The Morgan fingerprint density at radius 1 is 0.907 bits per heavy atom. The molecule has 0 aromatic heterocycles. The maximum Gasteiger partial charge on any atom is 0.322 e. The SMILES string of the molecule is C=C(CCCN(C)c1ccc(=C)/c(=C\c2cc(N(C)C(C)(F)F)ccc2C)c1)NC(C)(C)CCCC(C)(C)CCC.CC. The van der Waals surface area contributed by atoms with Crippen molar-refractivity contribution in [3.05, 3.63) is 70.2 Å². The Bertz CT molecular complexity index is 1260. The Hall–Kier alpha value is -2.82. The molecule has 0 fully saturated rings. The summed E-state index contributed by atoms with van der Waals surface area (Å²) in [5.41, 5.74) is 5.06. The topological polar surface area (TPSA) is 18.5 Å². The van der Waals surface area contributed by atoms with E-state index < -0.39 is 6.05 Å². The van der Waals surface area contributed by atoms with Gasteiger partial charge >= 0.3 is 6.05 Å². The predicted octanol–water partition coefficient (Wildman–Crippen LogP) is 9.40. The maximum absolute atomic E-state index is 13.9. The van der Waals surface area contributed by atoms with Crippen molar-refractivity contribution in [1.29, 1.82) is 0 Å².